The monoisotopic (exact) mass is 264 g/mol. The number of anilines is 1. The van der Waals surface area contributed by atoms with Crippen LogP contribution in [0.3, 0.4) is 0 Å². The molecule has 0 aromatic carbocycles. The molecule has 1 aromatic heterocycles. The zero-order valence-corrected chi connectivity index (χ0v) is 11.9. The van der Waals surface area contributed by atoms with Crippen molar-refractivity contribution in [2.45, 2.75) is 38.8 Å². The third-order valence-electron chi connectivity index (χ3n) is 3.54. The maximum Gasteiger partial charge on any atom is 0.151 e. The van der Waals surface area contributed by atoms with E-state index in [0.29, 0.717) is 6.04 Å². The maximum absolute atomic E-state index is 5.39. The van der Waals surface area contributed by atoms with Crippen LogP contribution in [0.15, 0.2) is 12.1 Å². The Morgan fingerprint density at radius 3 is 2.74 bits per heavy atom. The molecule has 2 rings (SSSR count). The minimum Gasteiger partial charge on any atom is -0.381 e. The molecule has 0 radical (unpaired) electrons. The van der Waals surface area contributed by atoms with E-state index in [1.165, 1.54) is 0 Å². The highest BCUT2D eigenvalue weighted by Crippen LogP contribution is 2.18. The number of rotatable bonds is 6. The molecule has 1 aromatic rings. The zero-order chi connectivity index (χ0) is 13.5. The maximum atomic E-state index is 5.39. The van der Waals surface area contributed by atoms with Crippen LogP contribution in [0.5, 0.6) is 0 Å². The normalized spacial score (nSPS) is 16.5. The molecule has 0 unspecified atom stereocenters. The van der Waals surface area contributed by atoms with Gasteiger partial charge in [0.25, 0.3) is 0 Å². The number of hydrogen-bond donors (Lipinski definition) is 1. The Labute approximate surface area is 115 Å². The molecule has 0 aliphatic carbocycles. The second kappa shape index (κ2) is 7.40. The van der Waals surface area contributed by atoms with Crippen LogP contribution < -0.4 is 10.2 Å². The van der Waals surface area contributed by atoms with Gasteiger partial charge in [-0.15, -0.1) is 5.10 Å². The largest absolute Gasteiger partial charge is 0.381 e. The molecule has 1 aliphatic rings. The van der Waals surface area contributed by atoms with E-state index >= 15 is 0 Å². The Balaban J connectivity index is 1.89. The van der Waals surface area contributed by atoms with Gasteiger partial charge in [-0.3, -0.25) is 0 Å². The second-order valence-corrected chi connectivity index (χ2v) is 5.01. The van der Waals surface area contributed by atoms with Crippen molar-refractivity contribution >= 4 is 5.82 Å². The Bertz CT molecular complexity index is 362. The fourth-order valence-electron chi connectivity index (χ4n) is 2.29. The summed E-state index contributed by atoms with van der Waals surface area (Å²) >= 11 is 0. The Morgan fingerprint density at radius 2 is 2.11 bits per heavy atom. The van der Waals surface area contributed by atoms with Gasteiger partial charge in [-0.05, 0) is 37.9 Å². The molecule has 0 amide bonds. The summed E-state index contributed by atoms with van der Waals surface area (Å²) in [6, 6.07) is 4.64. The van der Waals surface area contributed by atoms with E-state index in [1.54, 1.807) is 0 Å². The average Bonchev–Trinajstić information content (AvgIpc) is 2.48. The van der Waals surface area contributed by atoms with Crippen LogP contribution in [0.25, 0.3) is 0 Å². The van der Waals surface area contributed by atoms with Gasteiger partial charge in [-0.1, -0.05) is 6.92 Å². The van der Waals surface area contributed by atoms with Gasteiger partial charge in [0.15, 0.2) is 5.82 Å². The summed E-state index contributed by atoms with van der Waals surface area (Å²) in [5, 5.41) is 11.9. The van der Waals surface area contributed by atoms with Crippen molar-refractivity contribution in [1.82, 2.24) is 15.5 Å². The van der Waals surface area contributed by atoms with Crippen molar-refractivity contribution in [2.75, 3.05) is 31.7 Å². The first-order chi connectivity index (χ1) is 9.31. The van der Waals surface area contributed by atoms with Crippen molar-refractivity contribution in [1.29, 1.82) is 0 Å². The molecule has 19 heavy (non-hydrogen) atoms. The molecular weight excluding hydrogens is 240 g/mol. The van der Waals surface area contributed by atoms with Gasteiger partial charge in [0.05, 0.1) is 5.69 Å². The summed E-state index contributed by atoms with van der Waals surface area (Å²) in [7, 11) is 2.09. The molecule has 1 N–H and O–H groups in total. The smallest absolute Gasteiger partial charge is 0.151 e. The first kappa shape index (κ1) is 14.2. The van der Waals surface area contributed by atoms with E-state index < -0.39 is 0 Å². The zero-order valence-electron chi connectivity index (χ0n) is 11.9. The molecule has 0 spiro atoms. The van der Waals surface area contributed by atoms with Crippen molar-refractivity contribution in [3.63, 3.8) is 0 Å². The van der Waals surface area contributed by atoms with Crippen LogP contribution in [-0.2, 0) is 11.3 Å². The summed E-state index contributed by atoms with van der Waals surface area (Å²) in [6.07, 6.45) is 3.27. The Morgan fingerprint density at radius 1 is 1.32 bits per heavy atom. The summed E-state index contributed by atoms with van der Waals surface area (Å²) in [5.41, 5.74) is 0.998. The topological polar surface area (TPSA) is 50.3 Å². The molecule has 2 heterocycles. The van der Waals surface area contributed by atoms with Crippen LogP contribution >= 0.6 is 0 Å². The van der Waals surface area contributed by atoms with Gasteiger partial charge in [-0.2, -0.15) is 5.10 Å². The minimum absolute atomic E-state index is 0.520. The predicted octanol–water partition coefficient (Wildman–Crippen LogP) is 1.59. The lowest BCUT2D eigenvalue weighted by Crippen LogP contribution is -2.37. The lowest BCUT2D eigenvalue weighted by Gasteiger charge is -2.31. The van der Waals surface area contributed by atoms with Crippen LogP contribution in [0.1, 0.15) is 31.9 Å². The minimum atomic E-state index is 0.520. The molecule has 0 bridgehead atoms. The predicted molar refractivity (Wildman–Crippen MR) is 76.3 cm³/mol. The van der Waals surface area contributed by atoms with E-state index in [9.17, 15) is 0 Å². The van der Waals surface area contributed by atoms with Gasteiger partial charge in [0.2, 0.25) is 0 Å². The van der Waals surface area contributed by atoms with E-state index in [2.05, 4.69) is 46.5 Å². The van der Waals surface area contributed by atoms with Crippen LogP contribution in [0, 0.1) is 0 Å². The van der Waals surface area contributed by atoms with Crippen LogP contribution in [0.2, 0.25) is 0 Å². The number of ether oxygens (including phenoxy) is 1. The lowest BCUT2D eigenvalue weighted by molar-refractivity contribution is 0.0853. The highest BCUT2D eigenvalue weighted by molar-refractivity contribution is 5.37. The summed E-state index contributed by atoms with van der Waals surface area (Å²) in [4.78, 5) is 2.22. The van der Waals surface area contributed by atoms with Crippen LogP contribution in [-0.4, -0.2) is 43.0 Å². The standard InChI is InChI=1S/C14H24N4O/c1-3-8-15-11-12-4-5-14(17-16-12)18(2)13-6-9-19-10-7-13/h4-5,13,15H,3,6-11H2,1-2H3. The van der Waals surface area contributed by atoms with Crippen molar-refractivity contribution < 1.29 is 4.74 Å². The van der Waals surface area contributed by atoms with Gasteiger partial charge < -0.3 is 15.0 Å². The van der Waals surface area contributed by atoms with E-state index in [0.717, 1.165) is 57.1 Å². The first-order valence-electron chi connectivity index (χ1n) is 7.15. The first-order valence-corrected chi connectivity index (χ1v) is 7.15. The highest BCUT2D eigenvalue weighted by Gasteiger charge is 2.19. The fourth-order valence-corrected chi connectivity index (χ4v) is 2.29. The van der Waals surface area contributed by atoms with Crippen molar-refractivity contribution in [3.05, 3.63) is 17.8 Å². The molecular formula is C14H24N4O. The molecule has 1 fully saturated rings. The Kier molecular flexibility index (Phi) is 5.54. The second-order valence-electron chi connectivity index (χ2n) is 5.01. The van der Waals surface area contributed by atoms with Crippen LogP contribution in [0.4, 0.5) is 5.82 Å². The Hall–Kier alpha value is -1.20. The van der Waals surface area contributed by atoms with E-state index in [-0.39, 0.29) is 0 Å². The number of hydrogen-bond acceptors (Lipinski definition) is 5. The summed E-state index contributed by atoms with van der Waals surface area (Å²) < 4.78 is 5.39. The van der Waals surface area contributed by atoms with Gasteiger partial charge in [0.1, 0.15) is 0 Å². The summed E-state index contributed by atoms with van der Waals surface area (Å²) in [6.45, 7) is 5.67. The van der Waals surface area contributed by atoms with Gasteiger partial charge in [-0.25, -0.2) is 0 Å². The quantitative estimate of drug-likeness (QED) is 0.791. The summed E-state index contributed by atoms with van der Waals surface area (Å²) in [5.74, 6) is 0.950. The molecule has 0 atom stereocenters. The van der Waals surface area contributed by atoms with Gasteiger partial charge >= 0.3 is 0 Å². The molecule has 1 saturated heterocycles. The van der Waals surface area contributed by atoms with Gasteiger partial charge in [0, 0.05) is 32.8 Å². The highest BCUT2D eigenvalue weighted by atomic mass is 16.5. The molecule has 5 nitrogen and oxygen atoms in total. The molecule has 1 aliphatic heterocycles. The van der Waals surface area contributed by atoms with Crippen molar-refractivity contribution in [2.24, 2.45) is 0 Å². The SMILES string of the molecule is CCCNCc1ccc(N(C)C2CCOCC2)nn1. The van der Waals surface area contributed by atoms with E-state index in [4.69, 9.17) is 4.74 Å². The average molecular weight is 264 g/mol. The fraction of sp³-hybridized carbons (Fsp3) is 0.714. The van der Waals surface area contributed by atoms with E-state index in [1.807, 2.05) is 0 Å². The third kappa shape index (κ3) is 4.14. The number of nitrogens with one attached hydrogen (secondary N) is 1. The molecule has 106 valence electrons. The number of aromatic nitrogens is 2. The molecule has 0 saturated carbocycles. The number of nitrogens with zero attached hydrogens (tertiary/aromatic N) is 3. The van der Waals surface area contributed by atoms with Crippen molar-refractivity contribution in [3.8, 4) is 0 Å². The molecule has 5 heteroatoms. The third-order valence-corrected chi connectivity index (χ3v) is 3.54. The lowest BCUT2D eigenvalue weighted by atomic mass is 10.1.